The van der Waals surface area contributed by atoms with Crippen molar-refractivity contribution in [1.29, 1.82) is 0 Å². The molecule has 0 radical (unpaired) electrons. The van der Waals surface area contributed by atoms with Crippen molar-refractivity contribution >= 4 is 23.6 Å². The van der Waals surface area contributed by atoms with Gasteiger partial charge in [0.15, 0.2) is 5.16 Å². The molecule has 0 saturated heterocycles. The van der Waals surface area contributed by atoms with Gasteiger partial charge in [0.1, 0.15) is 0 Å². The minimum absolute atomic E-state index is 0.0366. The van der Waals surface area contributed by atoms with E-state index in [1.807, 2.05) is 37.4 Å². The maximum Gasteiger partial charge on any atom is 0.307 e. The highest BCUT2D eigenvalue weighted by atomic mass is 32.2. The number of carbonyl (C=O) groups excluding carboxylic acids is 2. The number of esters is 1. The lowest BCUT2D eigenvalue weighted by Crippen LogP contribution is -2.31. The predicted octanol–water partition coefficient (Wildman–Crippen LogP) is 2.46. The van der Waals surface area contributed by atoms with E-state index in [2.05, 4.69) is 15.3 Å². The van der Waals surface area contributed by atoms with Crippen LogP contribution in [-0.4, -0.2) is 35.2 Å². The molecule has 28 heavy (non-hydrogen) atoms. The van der Waals surface area contributed by atoms with Crippen molar-refractivity contribution in [3.05, 3.63) is 57.0 Å². The van der Waals surface area contributed by atoms with Crippen molar-refractivity contribution in [2.45, 2.75) is 44.3 Å². The summed E-state index contributed by atoms with van der Waals surface area (Å²) in [6.45, 7) is 3.72. The Bertz CT molecular complexity index is 893. The number of methoxy groups -OCH3 is 1. The van der Waals surface area contributed by atoms with E-state index in [-0.39, 0.29) is 30.7 Å². The van der Waals surface area contributed by atoms with Crippen LogP contribution in [-0.2, 0) is 20.7 Å². The molecule has 1 heterocycles. The highest BCUT2D eigenvalue weighted by Gasteiger charge is 2.19. The van der Waals surface area contributed by atoms with Gasteiger partial charge in [0, 0.05) is 17.7 Å². The number of nitrogens with zero attached hydrogens (tertiary/aromatic N) is 1. The number of thioether (sulfide) groups is 1. The summed E-state index contributed by atoms with van der Waals surface area (Å²) >= 11 is 1.36. The highest BCUT2D eigenvalue weighted by molar-refractivity contribution is 7.98. The van der Waals surface area contributed by atoms with Crippen molar-refractivity contribution in [3.63, 3.8) is 0 Å². The van der Waals surface area contributed by atoms with Gasteiger partial charge in [-0.05, 0) is 32.1 Å². The van der Waals surface area contributed by atoms with Gasteiger partial charge in [-0.1, -0.05) is 41.6 Å². The topological polar surface area (TPSA) is 101 Å². The molecule has 0 aliphatic rings. The number of hydrogen-bond donors (Lipinski definition) is 2. The molecular weight excluding hydrogens is 378 g/mol. The van der Waals surface area contributed by atoms with Gasteiger partial charge in [-0.15, -0.1) is 0 Å². The van der Waals surface area contributed by atoms with E-state index in [0.29, 0.717) is 16.4 Å². The van der Waals surface area contributed by atoms with E-state index in [9.17, 15) is 14.4 Å². The Morgan fingerprint density at radius 2 is 1.93 bits per heavy atom. The monoisotopic (exact) mass is 403 g/mol. The number of rotatable bonds is 8. The molecule has 8 heteroatoms. The van der Waals surface area contributed by atoms with Crippen LogP contribution in [0, 0.1) is 13.8 Å². The van der Waals surface area contributed by atoms with Gasteiger partial charge < -0.3 is 15.0 Å². The first-order valence-electron chi connectivity index (χ1n) is 8.90. The number of benzene rings is 1. The predicted molar refractivity (Wildman–Crippen MR) is 108 cm³/mol. The first-order chi connectivity index (χ1) is 13.3. The molecule has 7 nitrogen and oxygen atoms in total. The van der Waals surface area contributed by atoms with Crippen LogP contribution in [0.25, 0.3) is 0 Å². The van der Waals surface area contributed by atoms with Crippen LogP contribution >= 0.6 is 11.8 Å². The normalized spacial score (nSPS) is 11.7. The lowest BCUT2D eigenvalue weighted by molar-refractivity contribution is -0.141. The Kier molecular flexibility index (Phi) is 7.80. The van der Waals surface area contributed by atoms with Crippen LogP contribution in [0.5, 0.6) is 0 Å². The Hall–Kier alpha value is -2.61. The van der Waals surface area contributed by atoms with Gasteiger partial charge in [0.05, 0.1) is 19.6 Å². The van der Waals surface area contributed by atoms with E-state index < -0.39 is 12.0 Å². The molecule has 2 aromatic rings. The fraction of sp³-hybridized carbons (Fsp3) is 0.400. The molecule has 0 aliphatic carbocycles. The molecule has 0 bridgehead atoms. The smallest absolute Gasteiger partial charge is 0.307 e. The second-order valence-electron chi connectivity index (χ2n) is 6.45. The van der Waals surface area contributed by atoms with E-state index in [0.717, 1.165) is 11.1 Å². The summed E-state index contributed by atoms with van der Waals surface area (Å²) in [5.41, 5.74) is 2.79. The fourth-order valence-corrected chi connectivity index (χ4v) is 3.20. The number of H-pyrrole nitrogens is 1. The summed E-state index contributed by atoms with van der Waals surface area (Å²) in [6, 6.07) is 7.12. The Balaban J connectivity index is 2.08. The van der Waals surface area contributed by atoms with Gasteiger partial charge in [-0.25, -0.2) is 4.98 Å². The number of amides is 1. The van der Waals surface area contributed by atoms with Crippen LogP contribution in [0.2, 0.25) is 0 Å². The third kappa shape index (κ3) is 5.95. The molecule has 0 spiro atoms. The number of aromatic nitrogens is 2. The molecule has 0 aliphatic heterocycles. The van der Waals surface area contributed by atoms with Crippen LogP contribution in [0.15, 0.2) is 34.2 Å². The number of ether oxygens (including phenoxy) is 1. The lowest BCUT2D eigenvalue weighted by Gasteiger charge is -2.18. The zero-order valence-electron chi connectivity index (χ0n) is 16.5. The largest absolute Gasteiger partial charge is 0.469 e. The summed E-state index contributed by atoms with van der Waals surface area (Å²) in [5, 5.41) is 3.42. The van der Waals surface area contributed by atoms with E-state index >= 15 is 0 Å². The van der Waals surface area contributed by atoms with Crippen molar-refractivity contribution < 1.29 is 14.3 Å². The maximum absolute atomic E-state index is 12.5. The first kappa shape index (κ1) is 21.7. The first-order valence-corrected chi connectivity index (χ1v) is 10.1. The summed E-state index contributed by atoms with van der Waals surface area (Å²) in [5.74, 6) is -0.655. The summed E-state index contributed by atoms with van der Waals surface area (Å²) in [4.78, 5) is 43.4. The van der Waals surface area contributed by atoms with Crippen molar-refractivity contribution in [2.75, 3.05) is 13.4 Å². The zero-order chi connectivity index (χ0) is 20.7. The molecule has 2 rings (SSSR count). The minimum Gasteiger partial charge on any atom is -0.469 e. The molecule has 150 valence electrons. The molecule has 2 N–H and O–H groups in total. The molecule has 0 saturated carbocycles. The number of aromatic amines is 1. The van der Waals surface area contributed by atoms with Gasteiger partial charge in [0.25, 0.3) is 5.56 Å². The number of nitrogens with one attached hydrogen (secondary N) is 2. The van der Waals surface area contributed by atoms with Crippen LogP contribution < -0.4 is 10.9 Å². The van der Waals surface area contributed by atoms with E-state index in [1.54, 1.807) is 6.92 Å². The molecule has 0 fully saturated rings. The third-order valence-corrected chi connectivity index (χ3v) is 4.99. The number of aryl methyl sites for hydroxylation is 2. The average molecular weight is 404 g/mol. The summed E-state index contributed by atoms with van der Waals surface area (Å²) < 4.78 is 4.74. The van der Waals surface area contributed by atoms with Gasteiger partial charge in [-0.3, -0.25) is 14.4 Å². The number of hydrogen-bond acceptors (Lipinski definition) is 6. The fourth-order valence-electron chi connectivity index (χ4n) is 2.78. The molecular formula is C20H25N3O4S. The quantitative estimate of drug-likeness (QED) is 0.399. The van der Waals surface area contributed by atoms with Gasteiger partial charge >= 0.3 is 5.97 Å². The zero-order valence-corrected chi connectivity index (χ0v) is 17.3. The van der Waals surface area contributed by atoms with E-state index in [4.69, 9.17) is 4.74 Å². The molecule has 1 aromatic heterocycles. The molecule has 1 atom stereocenters. The van der Waals surface area contributed by atoms with Gasteiger partial charge in [-0.2, -0.15) is 0 Å². The molecule has 1 unspecified atom stereocenters. The highest BCUT2D eigenvalue weighted by Crippen LogP contribution is 2.19. The lowest BCUT2D eigenvalue weighted by atomic mass is 10.0. The van der Waals surface area contributed by atoms with Crippen LogP contribution in [0.3, 0.4) is 0 Å². The van der Waals surface area contributed by atoms with Crippen molar-refractivity contribution in [1.82, 2.24) is 15.3 Å². The average Bonchev–Trinajstić information content (AvgIpc) is 2.67. The Morgan fingerprint density at radius 1 is 1.25 bits per heavy atom. The van der Waals surface area contributed by atoms with Crippen LogP contribution in [0.4, 0.5) is 0 Å². The second kappa shape index (κ2) is 10.1. The van der Waals surface area contributed by atoms with Crippen molar-refractivity contribution in [2.24, 2.45) is 0 Å². The molecule has 1 aromatic carbocycles. The third-order valence-electron chi connectivity index (χ3n) is 4.41. The standard InChI is InChI=1S/C20H25N3O4S/c1-12-5-7-14(8-6-12)16(11-18(25)27-3)22-17(24)10-9-15-13(2)21-20(28-4)23-19(15)26/h5-8,16H,9-11H2,1-4H3,(H,22,24)(H,21,23,26). The number of carbonyl (C=O) groups is 2. The summed E-state index contributed by atoms with van der Waals surface area (Å²) in [7, 11) is 1.32. The van der Waals surface area contributed by atoms with E-state index in [1.165, 1.54) is 18.9 Å². The summed E-state index contributed by atoms with van der Waals surface area (Å²) in [6.07, 6.45) is 2.26. The Morgan fingerprint density at radius 3 is 2.50 bits per heavy atom. The van der Waals surface area contributed by atoms with Gasteiger partial charge in [0.2, 0.25) is 5.91 Å². The molecule has 1 amide bonds. The SMILES string of the molecule is COC(=O)CC(NC(=O)CCc1c(C)nc(SC)[nH]c1=O)c1ccc(C)cc1. The second-order valence-corrected chi connectivity index (χ2v) is 7.25. The van der Waals surface area contributed by atoms with Crippen LogP contribution in [0.1, 0.15) is 41.3 Å². The maximum atomic E-state index is 12.5. The van der Waals surface area contributed by atoms with Crippen molar-refractivity contribution in [3.8, 4) is 0 Å². The minimum atomic E-state index is -0.489. The Labute approximate surface area is 168 Å².